The minimum absolute atomic E-state index is 0.00284. The summed E-state index contributed by atoms with van der Waals surface area (Å²) in [6, 6.07) is 3.16. The van der Waals surface area contributed by atoms with Gasteiger partial charge in [-0.05, 0) is 31.2 Å². The van der Waals surface area contributed by atoms with Gasteiger partial charge in [0.05, 0.1) is 35.7 Å². The minimum Gasteiger partial charge on any atom is -0.450 e. The van der Waals surface area contributed by atoms with Crippen molar-refractivity contribution in [1.82, 2.24) is 29.7 Å². The number of rotatable bonds is 4. The lowest BCUT2D eigenvalue weighted by Gasteiger charge is -2.24. The first-order valence-electron chi connectivity index (χ1n) is 11.1. The number of aromatic nitrogens is 4. The Morgan fingerprint density at radius 2 is 1.95 bits per heavy atom. The lowest BCUT2D eigenvalue weighted by Crippen LogP contribution is -2.41. The van der Waals surface area contributed by atoms with Crippen molar-refractivity contribution >= 4 is 12.0 Å². The van der Waals surface area contributed by atoms with Crippen molar-refractivity contribution in [3.05, 3.63) is 76.0 Å². The minimum atomic E-state index is -5.01. The first-order valence-corrected chi connectivity index (χ1v) is 11.1. The standard InChI is InChI=1S/C23H20F4N6O4/c1-2-37-22(36)32-7-8-33-19(34)10-17(16-5-6-28-12-29-16)30-20(33)18(11-32)31-21(35)14-4-3-13(24)9-15(14)23(25,26)27/h3-6,9-10,12,18H,2,7-8,11H2,1H3,(H,31,35). The topological polar surface area (TPSA) is 119 Å². The average molecular weight is 520 g/mol. The van der Waals surface area contributed by atoms with Gasteiger partial charge >= 0.3 is 12.3 Å². The molecule has 1 aliphatic rings. The molecule has 1 aliphatic heterocycles. The summed E-state index contributed by atoms with van der Waals surface area (Å²) in [5.41, 5.74) is -2.39. The van der Waals surface area contributed by atoms with Crippen LogP contribution >= 0.6 is 0 Å². The number of carbonyl (C=O) groups excluding carboxylic acids is 2. The van der Waals surface area contributed by atoms with Crippen LogP contribution in [0.4, 0.5) is 22.4 Å². The Balaban J connectivity index is 1.79. The number of fused-ring (bicyclic) bond motifs is 1. The highest BCUT2D eigenvalue weighted by Crippen LogP contribution is 2.33. The molecule has 0 radical (unpaired) electrons. The molecule has 37 heavy (non-hydrogen) atoms. The van der Waals surface area contributed by atoms with Crippen LogP contribution in [0.1, 0.15) is 34.7 Å². The fourth-order valence-corrected chi connectivity index (χ4v) is 3.88. The summed E-state index contributed by atoms with van der Waals surface area (Å²) in [5.74, 6) is -2.37. The summed E-state index contributed by atoms with van der Waals surface area (Å²) in [4.78, 5) is 52.0. The Kier molecular flexibility index (Phi) is 7.18. The molecule has 0 spiro atoms. The zero-order valence-electron chi connectivity index (χ0n) is 19.3. The number of nitrogens with zero attached hydrogens (tertiary/aromatic N) is 5. The van der Waals surface area contributed by atoms with E-state index >= 15 is 0 Å². The molecule has 1 N–H and O–H groups in total. The highest BCUT2D eigenvalue weighted by Gasteiger charge is 2.37. The number of halogens is 4. The molecule has 0 fully saturated rings. The van der Waals surface area contributed by atoms with Crippen molar-refractivity contribution in [1.29, 1.82) is 0 Å². The van der Waals surface area contributed by atoms with Gasteiger partial charge in [-0.3, -0.25) is 14.2 Å². The van der Waals surface area contributed by atoms with Crippen molar-refractivity contribution < 1.29 is 31.9 Å². The number of benzene rings is 1. The van der Waals surface area contributed by atoms with Gasteiger partial charge in [0.2, 0.25) is 0 Å². The van der Waals surface area contributed by atoms with E-state index in [9.17, 15) is 31.9 Å². The molecular weight excluding hydrogens is 500 g/mol. The van der Waals surface area contributed by atoms with E-state index in [0.29, 0.717) is 11.8 Å². The third-order valence-electron chi connectivity index (χ3n) is 5.55. The first kappa shape index (κ1) is 25.7. The molecule has 10 nitrogen and oxygen atoms in total. The third-order valence-corrected chi connectivity index (χ3v) is 5.55. The fourth-order valence-electron chi connectivity index (χ4n) is 3.88. The van der Waals surface area contributed by atoms with E-state index in [0.717, 1.165) is 6.07 Å². The number of alkyl halides is 3. The molecular formula is C23H20F4N6O4. The van der Waals surface area contributed by atoms with Gasteiger partial charge in [-0.2, -0.15) is 13.2 Å². The van der Waals surface area contributed by atoms with Crippen LogP contribution in [0.3, 0.4) is 0 Å². The summed E-state index contributed by atoms with van der Waals surface area (Å²) < 4.78 is 60.4. The molecule has 2 aromatic heterocycles. The van der Waals surface area contributed by atoms with Gasteiger partial charge in [0.1, 0.15) is 24.0 Å². The monoisotopic (exact) mass is 520 g/mol. The largest absolute Gasteiger partial charge is 0.450 e. The van der Waals surface area contributed by atoms with Gasteiger partial charge in [0, 0.05) is 25.4 Å². The van der Waals surface area contributed by atoms with Gasteiger partial charge in [0.25, 0.3) is 11.5 Å². The molecule has 1 atom stereocenters. The normalized spacial score (nSPS) is 15.5. The van der Waals surface area contributed by atoms with Crippen molar-refractivity contribution in [3.8, 4) is 11.4 Å². The maximum absolute atomic E-state index is 13.6. The number of ether oxygens (including phenoxy) is 1. The molecule has 14 heteroatoms. The Bertz CT molecular complexity index is 1380. The van der Waals surface area contributed by atoms with E-state index in [1.165, 1.54) is 34.1 Å². The van der Waals surface area contributed by atoms with Gasteiger partial charge in [-0.1, -0.05) is 0 Å². The lowest BCUT2D eigenvalue weighted by atomic mass is 10.1. The van der Waals surface area contributed by atoms with Crippen molar-refractivity contribution in [2.24, 2.45) is 0 Å². The van der Waals surface area contributed by atoms with Crippen molar-refractivity contribution in [3.63, 3.8) is 0 Å². The zero-order chi connectivity index (χ0) is 26.7. The third kappa shape index (κ3) is 5.57. The predicted octanol–water partition coefficient (Wildman–Crippen LogP) is 2.80. The summed E-state index contributed by atoms with van der Waals surface area (Å²) in [6.07, 6.45) is -3.07. The molecule has 2 amide bonds. The molecule has 4 rings (SSSR count). The second-order valence-electron chi connectivity index (χ2n) is 7.94. The average Bonchev–Trinajstić information content (AvgIpc) is 3.04. The van der Waals surface area contributed by atoms with Crippen LogP contribution < -0.4 is 10.9 Å². The molecule has 1 aromatic carbocycles. The summed E-state index contributed by atoms with van der Waals surface area (Å²) in [5, 5.41) is 2.43. The predicted molar refractivity (Wildman–Crippen MR) is 120 cm³/mol. The molecule has 0 saturated heterocycles. The molecule has 0 saturated carbocycles. The molecule has 3 heterocycles. The molecule has 194 valence electrons. The second kappa shape index (κ2) is 10.3. The smallest absolute Gasteiger partial charge is 0.417 e. The Morgan fingerprint density at radius 3 is 2.62 bits per heavy atom. The quantitative estimate of drug-likeness (QED) is 0.526. The van der Waals surface area contributed by atoms with Crippen LogP contribution in [0.5, 0.6) is 0 Å². The van der Waals surface area contributed by atoms with Crippen LogP contribution in [-0.4, -0.2) is 56.1 Å². The van der Waals surface area contributed by atoms with Gasteiger partial charge in [0.15, 0.2) is 0 Å². The zero-order valence-corrected chi connectivity index (χ0v) is 19.3. The van der Waals surface area contributed by atoms with E-state index in [-0.39, 0.29) is 43.8 Å². The van der Waals surface area contributed by atoms with E-state index in [1.807, 2.05) is 0 Å². The maximum atomic E-state index is 13.6. The fraction of sp³-hybridized carbons (Fsp3) is 0.304. The summed E-state index contributed by atoms with van der Waals surface area (Å²) in [7, 11) is 0. The van der Waals surface area contributed by atoms with Crippen molar-refractivity contribution in [2.75, 3.05) is 19.7 Å². The highest BCUT2D eigenvalue weighted by atomic mass is 19.4. The SMILES string of the molecule is CCOC(=O)N1CCn2c(nc(-c3ccncn3)cc2=O)C(NC(=O)c2ccc(F)cc2C(F)(F)F)C1. The molecule has 3 aromatic rings. The van der Waals surface area contributed by atoms with Crippen LogP contribution in [0, 0.1) is 5.82 Å². The van der Waals surface area contributed by atoms with Gasteiger partial charge in [-0.15, -0.1) is 0 Å². The first-order chi connectivity index (χ1) is 17.6. The number of carbonyl (C=O) groups is 2. The second-order valence-corrected chi connectivity index (χ2v) is 7.94. The summed E-state index contributed by atoms with van der Waals surface area (Å²) >= 11 is 0. The van der Waals surface area contributed by atoms with Gasteiger partial charge < -0.3 is 15.0 Å². The van der Waals surface area contributed by atoms with E-state index in [2.05, 4.69) is 20.3 Å². The number of hydrogen-bond acceptors (Lipinski definition) is 7. The Morgan fingerprint density at radius 1 is 1.16 bits per heavy atom. The number of amides is 2. The van der Waals surface area contributed by atoms with Crippen LogP contribution in [0.15, 0.2) is 47.7 Å². The molecule has 0 aliphatic carbocycles. The van der Waals surface area contributed by atoms with Crippen molar-refractivity contribution in [2.45, 2.75) is 25.7 Å². The van der Waals surface area contributed by atoms with E-state index in [4.69, 9.17) is 4.74 Å². The van der Waals surface area contributed by atoms with Crippen LogP contribution in [-0.2, 0) is 17.5 Å². The summed E-state index contributed by atoms with van der Waals surface area (Å²) in [6.45, 7) is 1.39. The molecule has 1 unspecified atom stereocenters. The number of nitrogens with one attached hydrogen (secondary N) is 1. The van der Waals surface area contributed by atoms with Gasteiger partial charge in [-0.25, -0.2) is 24.1 Å². The Labute approximate surface area is 206 Å². The maximum Gasteiger partial charge on any atom is 0.417 e. The van der Waals surface area contributed by atoms with Crippen LogP contribution in [0.2, 0.25) is 0 Å². The van der Waals surface area contributed by atoms with E-state index < -0.39 is 46.7 Å². The number of hydrogen-bond donors (Lipinski definition) is 1. The lowest BCUT2D eigenvalue weighted by molar-refractivity contribution is -0.138. The highest BCUT2D eigenvalue weighted by molar-refractivity contribution is 5.96. The molecule has 0 bridgehead atoms. The Hall–Kier alpha value is -4.36. The van der Waals surface area contributed by atoms with E-state index in [1.54, 1.807) is 6.92 Å². The van der Waals surface area contributed by atoms with Crippen LogP contribution in [0.25, 0.3) is 11.4 Å².